The summed E-state index contributed by atoms with van der Waals surface area (Å²) in [4.78, 5) is 11.9. The number of rotatable bonds is 7. The fourth-order valence-corrected chi connectivity index (χ4v) is 1.59. The molecule has 3 N–H and O–H groups in total. The summed E-state index contributed by atoms with van der Waals surface area (Å²) in [6, 6.07) is 5.63. The second kappa shape index (κ2) is 7.76. The highest BCUT2D eigenvalue weighted by atomic mass is 16.5. The Morgan fingerprint density at radius 3 is 2.79 bits per heavy atom. The minimum Gasteiger partial charge on any atom is -0.491 e. The van der Waals surface area contributed by atoms with Gasteiger partial charge < -0.3 is 20.5 Å². The molecule has 0 spiro atoms. The number of hydrogen-bond donors (Lipinski definition) is 2. The van der Waals surface area contributed by atoms with Crippen molar-refractivity contribution >= 4 is 11.6 Å². The first-order valence-corrected chi connectivity index (χ1v) is 6.39. The van der Waals surface area contributed by atoms with Gasteiger partial charge in [-0.1, -0.05) is 13.0 Å². The normalized spacial score (nSPS) is 12.0. The molecule has 0 aliphatic carbocycles. The molecule has 0 saturated carbocycles. The van der Waals surface area contributed by atoms with Crippen LogP contribution in [0.5, 0.6) is 5.75 Å². The number of ether oxygens (including phenoxy) is 2. The van der Waals surface area contributed by atoms with Crippen LogP contribution in [0, 0.1) is 6.92 Å². The first kappa shape index (κ1) is 15.5. The highest BCUT2D eigenvalue weighted by molar-refractivity contribution is 5.95. The van der Waals surface area contributed by atoms with Gasteiger partial charge in [0, 0.05) is 13.7 Å². The number of aryl methyl sites for hydroxylation is 1. The lowest BCUT2D eigenvalue weighted by atomic mass is 10.2. The molecule has 0 bridgehead atoms. The van der Waals surface area contributed by atoms with Gasteiger partial charge >= 0.3 is 0 Å². The first-order chi connectivity index (χ1) is 9.12. The van der Waals surface area contributed by atoms with Gasteiger partial charge in [0.25, 0.3) is 5.91 Å². The summed E-state index contributed by atoms with van der Waals surface area (Å²) in [6.07, 6.45) is 0.255. The van der Waals surface area contributed by atoms with E-state index >= 15 is 0 Å². The maximum absolute atomic E-state index is 11.9. The van der Waals surface area contributed by atoms with E-state index in [4.69, 9.17) is 15.2 Å². The summed E-state index contributed by atoms with van der Waals surface area (Å²) in [6.45, 7) is 4.75. The van der Waals surface area contributed by atoms with Crippen LogP contribution in [-0.4, -0.2) is 32.3 Å². The largest absolute Gasteiger partial charge is 0.491 e. The van der Waals surface area contributed by atoms with Crippen molar-refractivity contribution in [1.82, 2.24) is 0 Å². The molecule has 0 aromatic heterocycles. The van der Waals surface area contributed by atoms with Crippen molar-refractivity contribution in [2.24, 2.45) is 5.73 Å². The van der Waals surface area contributed by atoms with Gasteiger partial charge in [0.2, 0.25) is 0 Å². The third kappa shape index (κ3) is 4.54. The topological polar surface area (TPSA) is 73.6 Å². The number of benzene rings is 1. The van der Waals surface area contributed by atoms with Gasteiger partial charge in [-0.15, -0.1) is 0 Å². The van der Waals surface area contributed by atoms with Crippen LogP contribution in [0.4, 0.5) is 5.69 Å². The Labute approximate surface area is 114 Å². The number of carbonyl (C=O) groups is 1. The van der Waals surface area contributed by atoms with Gasteiger partial charge in [-0.3, -0.25) is 4.79 Å². The van der Waals surface area contributed by atoms with Crippen molar-refractivity contribution in [2.75, 3.05) is 25.6 Å². The average molecular weight is 266 g/mol. The van der Waals surface area contributed by atoms with Gasteiger partial charge in [0.05, 0.1) is 12.3 Å². The zero-order valence-electron chi connectivity index (χ0n) is 11.7. The molecule has 5 nitrogen and oxygen atoms in total. The Hall–Kier alpha value is -1.59. The Balaban J connectivity index is 2.84. The smallest absolute Gasteiger partial charge is 0.254 e. The van der Waals surface area contributed by atoms with E-state index in [9.17, 15) is 4.79 Å². The predicted octanol–water partition coefficient (Wildman–Crippen LogP) is 1.70. The number of nitrogens with one attached hydrogen (secondary N) is 1. The molecule has 1 unspecified atom stereocenters. The van der Waals surface area contributed by atoms with Crippen molar-refractivity contribution in [3.63, 3.8) is 0 Å². The summed E-state index contributed by atoms with van der Waals surface area (Å²) in [5.41, 5.74) is 7.18. The minimum absolute atomic E-state index is 0.138. The molecule has 19 heavy (non-hydrogen) atoms. The number of nitrogens with two attached hydrogens (primary N) is 1. The minimum atomic E-state index is -0.652. The monoisotopic (exact) mass is 266 g/mol. The molecule has 0 saturated heterocycles. The molecule has 1 amide bonds. The molecule has 1 atom stereocenters. The molecule has 106 valence electrons. The number of amides is 1. The Morgan fingerprint density at radius 1 is 1.47 bits per heavy atom. The average Bonchev–Trinajstić information content (AvgIpc) is 2.40. The Morgan fingerprint density at radius 2 is 2.21 bits per heavy atom. The molecule has 0 aliphatic rings. The maximum atomic E-state index is 11.9. The van der Waals surface area contributed by atoms with Crippen LogP contribution in [0.15, 0.2) is 18.2 Å². The van der Waals surface area contributed by atoms with Crippen molar-refractivity contribution in [3.05, 3.63) is 23.8 Å². The Bertz CT molecular complexity index is 417. The second-order valence-electron chi connectivity index (χ2n) is 4.30. The van der Waals surface area contributed by atoms with Crippen LogP contribution in [0.2, 0.25) is 0 Å². The van der Waals surface area contributed by atoms with E-state index in [2.05, 4.69) is 5.32 Å². The van der Waals surface area contributed by atoms with Crippen LogP contribution < -0.4 is 15.8 Å². The standard InChI is InChI=1S/C14H22N2O3/c1-4-7-19-12-8-10(2)5-6-11(12)16-14(17)13(9-15)18-3/h5-6,8,13H,4,7,9,15H2,1-3H3,(H,16,17). The highest BCUT2D eigenvalue weighted by Gasteiger charge is 2.17. The predicted molar refractivity (Wildman–Crippen MR) is 75.4 cm³/mol. The third-order valence-electron chi connectivity index (χ3n) is 2.65. The quantitative estimate of drug-likeness (QED) is 0.787. The van der Waals surface area contributed by atoms with E-state index in [1.807, 2.05) is 32.0 Å². The lowest BCUT2D eigenvalue weighted by molar-refractivity contribution is -0.125. The molecule has 1 rings (SSSR count). The van der Waals surface area contributed by atoms with Crippen LogP contribution in [0.25, 0.3) is 0 Å². The van der Waals surface area contributed by atoms with Crippen LogP contribution in [0.3, 0.4) is 0 Å². The van der Waals surface area contributed by atoms with Crippen LogP contribution in [0.1, 0.15) is 18.9 Å². The molecule has 0 radical (unpaired) electrons. The number of carbonyl (C=O) groups excluding carboxylic acids is 1. The number of anilines is 1. The Kier molecular flexibility index (Phi) is 6.32. The highest BCUT2D eigenvalue weighted by Crippen LogP contribution is 2.26. The van der Waals surface area contributed by atoms with Gasteiger partial charge in [-0.25, -0.2) is 0 Å². The summed E-state index contributed by atoms with van der Waals surface area (Å²) in [7, 11) is 1.46. The number of hydrogen-bond acceptors (Lipinski definition) is 4. The van der Waals surface area contributed by atoms with Crippen molar-refractivity contribution in [2.45, 2.75) is 26.4 Å². The first-order valence-electron chi connectivity index (χ1n) is 6.39. The molecule has 1 aromatic rings. The van der Waals surface area contributed by atoms with Crippen molar-refractivity contribution in [3.8, 4) is 5.75 Å². The van der Waals surface area contributed by atoms with E-state index in [0.29, 0.717) is 18.0 Å². The van der Waals surface area contributed by atoms with Gasteiger partial charge in [0.1, 0.15) is 11.9 Å². The van der Waals surface area contributed by atoms with Crippen LogP contribution in [-0.2, 0) is 9.53 Å². The lowest BCUT2D eigenvalue weighted by Gasteiger charge is -2.16. The van der Waals surface area contributed by atoms with E-state index in [1.165, 1.54) is 7.11 Å². The third-order valence-corrected chi connectivity index (χ3v) is 2.65. The van der Waals surface area contributed by atoms with E-state index in [0.717, 1.165) is 12.0 Å². The summed E-state index contributed by atoms with van der Waals surface area (Å²) >= 11 is 0. The molecular weight excluding hydrogens is 244 g/mol. The molecule has 0 aliphatic heterocycles. The SMILES string of the molecule is CCCOc1cc(C)ccc1NC(=O)C(CN)OC. The second-order valence-corrected chi connectivity index (χ2v) is 4.30. The lowest BCUT2D eigenvalue weighted by Crippen LogP contribution is -2.36. The maximum Gasteiger partial charge on any atom is 0.254 e. The van der Waals surface area contributed by atoms with Gasteiger partial charge in [-0.05, 0) is 31.0 Å². The number of methoxy groups -OCH3 is 1. The van der Waals surface area contributed by atoms with Crippen molar-refractivity contribution < 1.29 is 14.3 Å². The van der Waals surface area contributed by atoms with E-state index in [1.54, 1.807) is 0 Å². The molecule has 0 heterocycles. The van der Waals surface area contributed by atoms with Gasteiger partial charge in [-0.2, -0.15) is 0 Å². The summed E-state index contributed by atoms with van der Waals surface area (Å²) in [5, 5.41) is 2.78. The summed E-state index contributed by atoms with van der Waals surface area (Å²) < 4.78 is 10.6. The molecule has 0 fully saturated rings. The molecule has 1 aromatic carbocycles. The molecule has 5 heteroatoms. The zero-order chi connectivity index (χ0) is 14.3. The van der Waals surface area contributed by atoms with Crippen molar-refractivity contribution in [1.29, 1.82) is 0 Å². The fourth-order valence-electron chi connectivity index (χ4n) is 1.59. The van der Waals surface area contributed by atoms with E-state index in [-0.39, 0.29) is 12.5 Å². The van der Waals surface area contributed by atoms with Crippen LogP contribution >= 0.6 is 0 Å². The van der Waals surface area contributed by atoms with E-state index < -0.39 is 6.10 Å². The summed E-state index contributed by atoms with van der Waals surface area (Å²) in [5.74, 6) is 0.400. The zero-order valence-corrected chi connectivity index (χ0v) is 11.7. The fraction of sp³-hybridized carbons (Fsp3) is 0.500. The van der Waals surface area contributed by atoms with Gasteiger partial charge in [0.15, 0.2) is 0 Å². The molecular formula is C14H22N2O3.